The number of nitrogens with zero attached hydrogens (tertiary/aromatic N) is 3. The lowest BCUT2D eigenvalue weighted by Crippen LogP contribution is -2.40. The first-order valence-electron chi connectivity index (χ1n) is 10.6. The van der Waals surface area contributed by atoms with Gasteiger partial charge in [-0.15, -0.1) is 0 Å². The molecule has 158 valence electrons. The Hall–Kier alpha value is -2.34. The van der Waals surface area contributed by atoms with Crippen LogP contribution in [0.1, 0.15) is 45.6 Å². The third-order valence-corrected chi connectivity index (χ3v) is 5.92. The second-order valence-corrected chi connectivity index (χ2v) is 8.06. The molecule has 6 heteroatoms. The Bertz CT molecular complexity index is 782. The number of benzene rings is 1. The maximum absolute atomic E-state index is 12.8. The Morgan fingerprint density at radius 1 is 1.31 bits per heavy atom. The zero-order valence-electron chi connectivity index (χ0n) is 18.1. The molecule has 0 bridgehead atoms. The van der Waals surface area contributed by atoms with Crippen molar-refractivity contribution in [1.29, 1.82) is 0 Å². The number of hydrogen-bond acceptors (Lipinski definition) is 5. The van der Waals surface area contributed by atoms with Crippen LogP contribution in [0.2, 0.25) is 0 Å². The third kappa shape index (κ3) is 4.99. The van der Waals surface area contributed by atoms with Gasteiger partial charge in [-0.1, -0.05) is 49.3 Å². The van der Waals surface area contributed by atoms with Gasteiger partial charge in [0.05, 0.1) is 12.1 Å². The van der Waals surface area contributed by atoms with E-state index in [1.165, 1.54) is 0 Å². The van der Waals surface area contributed by atoms with Crippen LogP contribution in [0.15, 0.2) is 34.9 Å². The number of amides is 1. The molecule has 1 aromatic carbocycles. The molecule has 2 heterocycles. The second-order valence-electron chi connectivity index (χ2n) is 8.06. The van der Waals surface area contributed by atoms with E-state index in [9.17, 15) is 4.79 Å². The maximum Gasteiger partial charge on any atom is 0.249 e. The average molecular weight is 400 g/mol. The molecule has 0 aliphatic carbocycles. The van der Waals surface area contributed by atoms with Crippen LogP contribution < -0.4 is 4.90 Å². The zero-order valence-corrected chi connectivity index (χ0v) is 18.1. The summed E-state index contributed by atoms with van der Waals surface area (Å²) in [7, 11) is 1.56. The molecule has 3 rings (SSSR count). The van der Waals surface area contributed by atoms with Crippen LogP contribution in [0, 0.1) is 5.92 Å². The predicted octanol–water partition coefficient (Wildman–Crippen LogP) is 4.35. The molecule has 1 fully saturated rings. The summed E-state index contributed by atoms with van der Waals surface area (Å²) in [6.45, 7) is 8.91. The number of rotatable bonds is 8. The van der Waals surface area contributed by atoms with E-state index in [1.807, 2.05) is 35.2 Å². The summed E-state index contributed by atoms with van der Waals surface area (Å²) in [6.07, 6.45) is 3.15. The molecule has 29 heavy (non-hydrogen) atoms. The van der Waals surface area contributed by atoms with E-state index in [-0.39, 0.29) is 18.6 Å². The lowest BCUT2D eigenvalue weighted by molar-refractivity contribution is -0.138. The Kier molecular flexibility index (Phi) is 7.31. The summed E-state index contributed by atoms with van der Waals surface area (Å²) in [5, 5.41) is 4.44. The fraction of sp³-hybridized carbons (Fsp3) is 0.565. The average Bonchev–Trinajstić information content (AvgIpc) is 3.16. The van der Waals surface area contributed by atoms with Crippen molar-refractivity contribution in [2.24, 2.45) is 5.92 Å². The van der Waals surface area contributed by atoms with Crippen molar-refractivity contribution in [2.75, 3.05) is 31.7 Å². The van der Waals surface area contributed by atoms with Crippen LogP contribution in [-0.2, 0) is 16.1 Å². The first-order chi connectivity index (χ1) is 14.0. The van der Waals surface area contributed by atoms with Crippen LogP contribution in [0.4, 0.5) is 5.88 Å². The molecule has 1 aliphatic heterocycles. The van der Waals surface area contributed by atoms with Crippen molar-refractivity contribution in [3.05, 3.63) is 35.9 Å². The minimum atomic E-state index is -0.0136. The van der Waals surface area contributed by atoms with Crippen molar-refractivity contribution < 1.29 is 14.1 Å². The first-order valence-corrected chi connectivity index (χ1v) is 10.6. The fourth-order valence-corrected chi connectivity index (χ4v) is 3.81. The molecular weight excluding hydrogens is 366 g/mol. The largest absolute Gasteiger partial charge is 0.375 e. The van der Waals surface area contributed by atoms with Crippen LogP contribution in [-0.4, -0.2) is 48.8 Å². The van der Waals surface area contributed by atoms with E-state index in [0.29, 0.717) is 6.54 Å². The molecule has 2 aromatic rings. The van der Waals surface area contributed by atoms with E-state index < -0.39 is 0 Å². The topological polar surface area (TPSA) is 58.8 Å². The molecule has 0 spiro atoms. The van der Waals surface area contributed by atoms with E-state index in [4.69, 9.17) is 9.26 Å². The number of aromatic nitrogens is 1. The highest BCUT2D eigenvalue weighted by atomic mass is 16.5. The van der Waals surface area contributed by atoms with Gasteiger partial charge in [0, 0.05) is 31.8 Å². The minimum Gasteiger partial charge on any atom is -0.375 e. The quantitative estimate of drug-likeness (QED) is 0.660. The minimum absolute atomic E-state index is 0.0136. The normalized spacial score (nSPS) is 16.1. The van der Waals surface area contributed by atoms with E-state index in [1.54, 1.807) is 7.11 Å². The Labute approximate surface area is 173 Å². The highest BCUT2D eigenvalue weighted by Gasteiger charge is 2.29. The summed E-state index contributed by atoms with van der Waals surface area (Å²) < 4.78 is 11.0. The summed E-state index contributed by atoms with van der Waals surface area (Å²) in [4.78, 5) is 17.0. The Morgan fingerprint density at radius 2 is 2.00 bits per heavy atom. The van der Waals surface area contributed by atoms with Gasteiger partial charge in [0.25, 0.3) is 0 Å². The van der Waals surface area contributed by atoms with E-state index in [0.717, 1.165) is 61.0 Å². The van der Waals surface area contributed by atoms with E-state index in [2.05, 4.69) is 30.8 Å². The standard InChI is InChI=1S/C23H33N3O3/c1-5-18(3)26(21(27)16-28-4)15-20-22(19-9-7-6-8-10-19)24-29-23(20)25-13-11-17(2)12-14-25/h6-10,17-18H,5,11-16H2,1-4H3/t18-/m1/s1. The lowest BCUT2D eigenvalue weighted by atomic mass is 9.98. The van der Waals surface area contributed by atoms with Gasteiger partial charge >= 0.3 is 0 Å². The fourth-order valence-electron chi connectivity index (χ4n) is 3.81. The molecule has 1 atom stereocenters. The van der Waals surface area contributed by atoms with Crippen LogP contribution in [0.5, 0.6) is 0 Å². The van der Waals surface area contributed by atoms with Crippen molar-refractivity contribution >= 4 is 11.8 Å². The Balaban J connectivity index is 1.98. The molecule has 1 saturated heterocycles. The van der Waals surface area contributed by atoms with Gasteiger partial charge in [-0.05, 0) is 32.1 Å². The van der Waals surface area contributed by atoms with Crippen molar-refractivity contribution in [1.82, 2.24) is 10.1 Å². The number of ether oxygens (including phenoxy) is 1. The van der Waals surface area contributed by atoms with Crippen LogP contribution in [0.25, 0.3) is 11.3 Å². The van der Waals surface area contributed by atoms with Crippen molar-refractivity contribution in [2.45, 2.75) is 52.6 Å². The van der Waals surface area contributed by atoms with Gasteiger partial charge in [0.1, 0.15) is 12.3 Å². The number of anilines is 1. The predicted molar refractivity (Wildman–Crippen MR) is 115 cm³/mol. The molecule has 0 saturated carbocycles. The van der Waals surface area contributed by atoms with Gasteiger partial charge in [-0.3, -0.25) is 4.79 Å². The molecule has 1 aromatic heterocycles. The zero-order chi connectivity index (χ0) is 20.8. The summed E-state index contributed by atoms with van der Waals surface area (Å²) in [5.41, 5.74) is 2.81. The first kappa shape index (κ1) is 21.4. The SMILES string of the molecule is CC[C@@H](C)N(Cc1c(-c2ccccc2)noc1N1CCC(C)CC1)C(=O)COC. The molecular formula is C23H33N3O3. The van der Waals surface area contributed by atoms with Gasteiger partial charge in [-0.25, -0.2) is 0 Å². The summed E-state index contributed by atoms with van der Waals surface area (Å²) >= 11 is 0. The third-order valence-electron chi connectivity index (χ3n) is 5.92. The monoisotopic (exact) mass is 399 g/mol. The molecule has 0 N–H and O–H groups in total. The number of piperidine rings is 1. The van der Waals surface area contributed by atoms with Gasteiger partial charge in [-0.2, -0.15) is 0 Å². The lowest BCUT2D eigenvalue weighted by Gasteiger charge is -2.32. The van der Waals surface area contributed by atoms with E-state index >= 15 is 0 Å². The number of hydrogen-bond donors (Lipinski definition) is 0. The molecule has 0 radical (unpaired) electrons. The summed E-state index contributed by atoms with van der Waals surface area (Å²) in [6, 6.07) is 10.2. The van der Waals surface area contributed by atoms with Gasteiger partial charge in [0.2, 0.25) is 11.8 Å². The van der Waals surface area contributed by atoms with Crippen molar-refractivity contribution in [3.63, 3.8) is 0 Å². The number of carbonyl (C=O) groups excluding carboxylic acids is 1. The van der Waals surface area contributed by atoms with Crippen LogP contribution in [0.3, 0.4) is 0 Å². The summed E-state index contributed by atoms with van der Waals surface area (Å²) in [5.74, 6) is 1.51. The number of methoxy groups -OCH3 is 1. The smallest absolute Gasteiger partial charge is 0.249 e. The molecule has 1 aliphatic rings. The molecule has 1 amide bonds. The highest BCUT2D eigenvalue weighted by Crippen LogP contribution is 2.35. The maximum atomic E-state index is 12.8. The van der Waals surface area contributed by atoms with Crippen LogP contribution >= 0.6 is 0 Å². The van der Waals surface area contributed by atoms with Crippen molar-refractivity contribution in [3.8, 4) is 11.3 Å². The second kappa shape index (κ2) is 9.92. The molecule has 0 unspecified atom stereocenters. The van der Waals surface area contributed by atoms with Gasteiger partial charge in [0.15, 0.2) is 0 Å². The highest BCUT2D eigenvalue weighted by molar-refractivity contribution is 5.78. The number of carbonyl (C=O) groups is 1. The van der Waals surface area contributed by atoms with Gasteiger partial charge < -0.3 is 19.1 Å². The Morgan fingerprint density at radius 3 is 2.62 bits per heavy atom. The molecule has 6 nitrogen and oxygen atoms in total.